The number of rotatable bonds is 4. The van der Waals surface area contributed by atoms with E-state index < -0.39 is 0 Å². The van der Waals surface area contributed by atoms with E-state index in [0.29, 0.717) is 37.1 Å². The molecule has 3 heterocycles. The van der Waals surface area contributed by atoms with E-state index in [9.17, 15) is 9.59 Å². The highest BCUT2D eigenvalue weighted by atomic mass is 35.5. The van der Waals surface area contributed by atoms with Crippen LogP contribution in [-0.2, 0) is 14.3 Å². The molecule has 24 heavy (non-hydrogen) atoms. The van der Waals surface area contributed by atoms with E-state index >= 15 is 0 Å². The Bertz CT molecular complexity index is 589. The van der Waals surface area contributed by atoms with E-state index in [-0.39, 0.29) is 24.4 Å². The largest absolute Gasteiger partial charge is 0.378 e. The predicted octanol–water partition coefficient (Wildman–Crippen LogP) is 0.997. The average Bonchev–Trinajstić information content (AvgIpc) is 3.05. The fourth-order valence-corrected chi connectivity index (χ4v) is 3.22. The van der Waals surface area contributed by atoms with Gasteiger partial charge in [0, 0.05) is 19.3 Å². The third kappa shape index (κ3) is 4.23. The lowest BCUT2D eigenvalue weighted by Crippen LogP contribution is -2.50. The molecule has 8 heteroatoms. The summed E-state index contributed by atoms with van der Waals surface area (Å²) < 4.78 is 5.29. The van der Waals surface area contributed by atoms with E-state index in [1.165, 1.54) is 6.20 Å². The number of aromatic nitrogens is 1. The van der Waals surface area contributed by atoms with Crippen molar-refractivity contribution in [2.24, 2.45) is 0 Å². The Morgan fingerprint density at radius 3 is 2.79 bits per heavy atom. The molecule has 2 aliphatic heterocycles. The van der Waals surface area contributed by atoms with Crippen molar-refractivity contribution < 1.29 is 14.3 Å². The van der Waals surface area contributed by atoms with Crippen molar-refractivity contribution >= 4 is 29.2 Å². The first-order valence-electron chi connectivity index (χ1n) is 8.15. The molecule has 0 spiro atoms. The number of hydrogen-bond acceptors (Lipinski definition) is 5. The van der Waals surface area contributed by atoms with Gasteiger partial charge in [-0.3, -0.25) is 14.5 Å². The molecule has 0 saturated carbocycles. The van der Waals surface area contributed by atoms with Gasteiger partial charge in [0.05, 0.1) is 30.8 Å². The van der Waals surface area contributed by atoms with Crippen LogP contribution in [0, 0.1) is 0 Å². The summed E-state index contributed by atoms with van der Waals surface area (Å²) in [4.78, 5) is 32.7. The van der Waals surface area contributed by atoms with Gasteiger partial charge in [0.25, 0.3) is 0 Å². The first-order valence-corrected chi connectivity index (χ1v) is 8.53. The molecule has 0 unspecified atom stereocenters. The number of morpholine rings is 1. The van der Waals surface area contributed by atoms with Crippen LogP contribution in [0.1, 0.15) is 12.8 Å². The first kappa shape index (κ1) is 17.1. The molecule has 3 rings (SSSR count). The van der Waals surface area contributed by atoms with E-state index in [0.717, 1.165) is 19.4 Å². The van der Waals surface area contributed by atoms with Crippen LogP contribution in [0.2, 0.25) is 5.02 Å². The molecule has 0 bridgehead atoms. The summed E-state index contributed by atoms with van der Waals surface area (Å²) in [7, 11) is 0. The summed E-state index contributed by atoms with van der Waals surface area (Å²) >= 11 is 5.78. The number of likely N-dealkylation sites (tertiary alicyclic amines) is 1. The zero-order valence-corrected chi connectivity index (χ0v) is 14.2. The quantitative estimate of drug-likeness (QED) is 0.875. The van der Waals surface area contributed by atoms with Crippen LogP contribution < -0.4 is 5.32 Å². The van der Waals surface area contributed by atoms with Gasteiger partial charge in [0.15, 0.2) is 0 Å². The molecule has 130 valence electrons. The van der Waals surface area contributed by atoms with Crippen molar-refractivity contribution in [2.75, 3.05) is 44.7 Å². The minimum atomic E-state index is -0.216. The number of nitrogens with zero attached hydrogens (tertiary/aromatic N) is 3. The second-order valence-electron chi connectivity index (χ2n) is 5.98. The highest BCUT2D eigenvalue weighted by molar-refractivity contribution is 6.30. The average molecular weight is 353 g/mol. The topological polar surface area (TPSA) is 74.8 Å². The molecule has 2 saturated heterocycles. The second-order valence-corrected chi connectivity index (χ2v) is 6.41. The number of pyridine rings is 1. The minimum absolute atomic E-state index is 0.105. The molecule has 0 radical (unpaired) electrons. The van der Waals surface area contributed by atoms with Crippen molar-refractivity contribution in [3.05, 3.63) is 23.4 Å². The smallest absolute Gasteiger partial charge is 0.240 e. The second kappa shape index (κ2) is 7.92. The number of halogens is 1. The van der Waals surface area contributed by atoms with E-state index in [1.54, 1.807) is 12.1 Å². The number of anilines is 1. The molecule has 1 N–H and O–H groups in total. The molecule has 2 fully saturated rings. The highest BCUT2D eigenvalue weighted by Crippen LogP contribution is 2.20. The Kier molecular flexibility index (Phi) is 5.65. The summed E-state index contributed by atoms with van der Waals surface area (Å²) in [6.45, 7) is 3.36. The lowest BCUT2D eigenvalue weighted by Gasteiger charge is -2.32. The van der Waals surface area contributed by atoms with Crippen LogP contribution in [0.3, 0.4) is 0 Å². The van der Waals surface area contributed by atoms with Crippen LogP contribution in [0.5, 0.6) is 0 Å². The maximum atomic E-state index is 12.7. The number of carbonyl (C=O) groups is 2. The molecule has 0 aromatic carbocycles. The molecule has 1 aromatic heterocycles. The van der Waals surface area contributed by atoms with Gasteiger partial charge in [-0.25, -0.2) is 4.98 Å². The number of nitrogens with one attached hydrogen (secondary N) is 1. The Morgan fingerprint density at radius 1 is 1.29 bits per heavy atom. The standard InChI is InChI=1S/C16H21ClN4O3/c17-12-3-4-14(18-10-12)19-15(22)11-21-5-1-2-13(21)16(23)20-6-8-24-9-7-20/h3-4,10,13H,1-2,5-9,11H2,(H,18,19,22)/t13-/m0/s1. The molecular weight excluding hydrogens is 332 g/mol. The van der Waals surface area contributed by atoms with Crippen LogP contribution in [0.25, 0.3) is 0 Å². The number of carbonyl (C=O) groups excluding carboxylic acids is 2. The Balaban J connectivity index is 1.55. The number of ether oxygens (including phenoxy) is 1. The SMILES string of the molecule is O=C(CN1CCC[C@H]1C(=O)N1CCOCC1)Nc1ccc(Cl)cn1. The predicted molar refractivity (Wildman–Crippen MR) is 89.9 cm³/mol. The fourth-order valence-electron chi connectivity index (χ4n) is 3.11. The summed E-state index contributed by atoms with van der Waals surface area (Å²) in [5.74, 6) is 0.388. The minimum Gasteiger partial charge on any atom is -0.378 e. The van der Waals surface area contributed by atoms with E-state index in [2.05, 4.69) is 10.3 Å². The zero-order valence-electron chi connectivity index (χ0n) is 13.4. The molecule has 1 aromatic rings. The van der Waals surface area contributed by atoms with Crippen LogP contribution >= 0.6 is 11.6 Å². The van der Waals surface area contributed by atoms with Gasteiger partial charge >= 0.3 is 0 Å². The Morgan fingerprint density at radius 2 is 2.08 bits per heavy atom. The molecule has 0 aliphatic carbocycles. The maximum absolute atomic E-state index is 12.7. The zero-order chi connectivity index (χ0) is 16.9. The molecular formula is C16H21ClN4O3. The van der Waals surface area contributed by atoms with Crippen molar-refractivity contribution in [2.45, 2.75) is 18.9 Å². The number of hydrogen-bond donors (Lipinski definition) is 1. The summed E-state index contributed by atoms with van der Waals surface area (Å²) in [6.07, 6.45) is 3.20. The van der Waals surface area contributed by atoms with Gasteiger partial charge in [-0.2, -0.15) is 0 Å². The van der Waals surface area contributed by atoms with Gasteiger partial charge in [0.2, 0.25) is 11.8 Å². The molecule has 1 atom stereocenters. The van der Waals surface area contributed by atoms with Crippen LogP contribution in [0.15, 0.2) is 18.3 Å². The maximum Gasteiger partial charge on any atom is 0.240 e. The van der Waals surface area contributed by atoms with E-state index in [1.807, 2.05) is 9.80 Å². The van der Waals surface area contributed by atoms with Gasteiger partial charge < -0.3 is 15.0 Å². The van der Waals surface area contributed by atoms with Gasteiger partial charge in [-0.15, -0.1) is 0 Å². The van der Waals surface area contributed by atoms with Gasteiger partial charge in [0.1, 0.15) is 5.82 Å². The van der Waals surface area contributed by atoms with Crippen molar-refractivity contribution in [1.29, 1.82) is 0 Å². The van der Waals surface area contributed by atoms with Crippen LogP contribution in [-0.4, -0.2) is 72.0 Å². The lowest BCUT2D eigenvalue weighted by molar-refractivity contribution is -0.140. The lowest BCUT2D eigenvalue weighted by atomic mass is 10.2. The Labute approximate surface area is 145 Å². The molecule has 2 amide bonds. The Hall–Kier alpha value is -1.70. The molecule has 7 nitrogen and oxygen atoms in total. The first-order chi connectivity index (χ1) is 11.6. The molecule has 2 aliphatic rings. The van der Waals surface area contributed by atoms with E-state index in [4.69, 9.17) is 16.3 Å². The summed E-state index contributed by atoms with van der Waals surface area (Å²) in [5.41, 5.74) is 0. The monoisotopic (exact) mass is 352 g/mol. The normalized spacial score (nSPS) is 21.7. The summed E-state index contributed by atoms with van der Waals surface area (Å²) in [6, 6.07) is 3.11. The van der Waals surface area contributed by atoms with Gasteiger partial charge in [-0.1, -0.05) is 11.6 Å². The third-order valence-corrected chi connectivity index (χ3v) is 4.54. The third-order valence-electron chi connectivity index (χ3n) is 4.31. The fraction of sp³-hybridized carbons (Fsp3) is 0.562. The van der Waals surface area contributed by atoms with Gasteiger partial charge in [-0.05, 0) is 31.5 Å². The van der Waals surface area contributed by atoms with Crippen molar-refractivity contribution in [1.82, 2.24) is 14.8 Å². The van der Waals surface area contributed by atoms with Crippen molar-refractivity contribution in [3.63, 3.8) is 0 Å². The highest BCUT2D eigenvalue weighted by Gasteiger charge is 2.35. The number of amides is 2. The summed E-state index contributed by atoms with van der Waals surface area (Å²) in [5, 5.41) is 3.26. The van der Waals surface area contributed by atoms with Crippen molar-refractivity contribution in [3.8, 4) is 0 Å². The van der Waals surface area contributed by atoms with Crippen LogP contribution in [0.4, 0.5) is 5.82 Å².